The molecule has 0 nitrogen and oxygen atoms in total. The van der Waals surface area contributed by atoms with Crippen molar-refractivity contribution in [1.29, 1.82) is 0 Å². The van der Waals surface area contributed by atoms with Gasteiger partial charge >= 0.3 is 0 Å². The first-order valence-electron chi connectivity index (χ1n) is 3.94. The molecule has 1 aliphatic rings. The molecule has 0 spiro atoms. The van der Waals surface area contributed by atoms with Gasteiger partial charge in [0.2, 0.25) is 0 Å². The summed E-state index contributed by atoms with van der Waals surface area (Å²) in [5.74, 6) is 2.40. The Kier molecular flexibility index (Phi) is 2.90. The van der Waals surface area contributed by atoms with Crippen molar-refractivity contribution in [3.8, 4) is 0 Å². The van der Waals surface area contributed by atoms with E-state index in [0.29, 0.717) is 0 Å². The maximum absolute atomic E-state index is 2.38. The molecule has 1 heterocycles. The summed E-state index contributed by atoms with van der Waals surface area (Å²) in [4.78, 5) is 0. The van der Waals surface area contributed by atoms with Crippen LogP contribution in [0.2, 0.25) is 0 Å². The first kappa shape index (κ1) is 7.46. The van der Waals surface area contributed by atoms with Crippen molar-refractivity contribution in [2.45, 2.75) is 38.4 Å². The molecule has 0 aromatic carbocycles. The van der Waals surface area contributed by atoms with E-state index in [9.17, 15) is 0 Å². The fraction of sp³-hybridized carbons (Fsp3) is 1.00. The Bertz CT molecular complexity index is 80.6. The van der Waals surface area contributed by atoms with E-state index in [2.05, 4.69) is 25.6 Å². The van der Waals surface area contributed by atoms with Crippen LogP contribution in [0.25, 0.3) is 0 Å². The summed E-state index contributed by atoms with van der Waals surface area (Å²) in [5, 5.41) is 0.980. The fourth-order valence-electron chi connectivity index (χ4n) is 1.36. The third-order valence-corrected chi connectivity index (χ3v) is 3.55. The molecule has 2 atom stereocenters. The SMILES string of the molecule is CCC1CC(C)CCS1. The minimum absolute atomic E-state index is 0.980. The highest BCUT2D eigenvalue weighted by atomic mass is 32.2. The molecule has 0 radical (unpaired) electrons. The topological polar surface area (TPSA) is 0 Å². The largest absolute Gasteiger partial charge is 0.159 e. The Hall–Kier alpha value is 0.350. The Labute approximate surface area is 62.4 Å². The third-order valence-electron chi connectivity index (χ3n) is 2.08. The molecule has 1 aliphatic heterocycles. The van der Waals surface area contributed by atoms with E-state index >= 15 is 0 Å². The lowest BCUT2D eigenvalue weighted by Gasteiger charge is -2.24. The van der Waals surface area contributed by atoms with Crippen molar-refractivity contribution in [2.75, 3.05) is 5.75 Å². The minimum Gasteiger partial charge on any atom is -0.159 e. The average molecular weight is 144 g/mol. The molecule has 0 aromatic rings. The molecule has 1 saturated heterocycles. The molecule has 9 heavy (non-hydrogen) atoms. The van der Waals surface area contributed by atoms with Crippen molar-refractivity contribution < 1.29 is 0 Å². The summed E-state index contributed by atoms with van der Waals surface area (Å²) in [6.07, 6.45) is 4.28. The Morgan fingerprint density at radius 1 is 1.56 bits per heavy atom. The van der Waals surface area contributed by atoms with E-state index in [1.807, 2.05) is 0 Å². The van der Waals surface area contributed by atoms with Gasteiger partial charge in [-0.1, -0.05) is 13.8 Å². The number of hydrogen-bond acceptors (Lipinski definition) is 1. The highest BCUT2D eigenvalue weighted by molar-refractivity contribution is 7.99. The first-order chi connectivity index (χ1) is 4.33. The molecule has 0 saturated carbocycles. The number of hydrogen-bond donors (Lipinski definition) is 0. The molecular weight excluding hydrogens is 128 g/mol. The van der Waals surface area contributed by atoms with Gasteiger partial charge in [-0.3, -0.25) is 0 Å². The average Bonchev–Trinajstić information content (AvgIpc) is 1.88. The quantitative estimate of drug-likeness (QED) is 0.545. The van der Waals surface area contributed by atoms with Gasteiger partial charge in [-0.05, 0) is 30.9 Å². The van der Waals surface area contributed by atoms with Gasteiger partial charge in [0.15, 0.2) is 0 Å². The van der Waals surface area contributed by atoms with Gasteiger partial charge in [0.05, 0.1) is 0 Å². The normalized spacial score (nSPS) is 36.7. The molecule has 54 valence electrons. The summed E-state index contributed by atoms with van der Waals surface area (Å²) in [6, 6.07) is 0. The van der Waals surface area contributed by atoms with Crippen LogP contribution in [-0.2, 0) is 0 Å². The van der Waals surface area contributed by atoms with Crippen LogP contribution >= 0.6 is 11.8 Å². The molecule has 1 fully saturated rings. The van der Waals surface area contributed by atoms with Crippen LogP contribution in [0.15, 0.2) is 0 Å². The lowest BCUT2D eigenvalue weighted by Crippen LogP contribution is -2.14. The molecule has 0 amide bonds. The van der Waals surface area contributed by atoms with Crippen LogP contribution < -0.4 is 0 Å². The van der Waals surface area contributed by atoms with Gasteiger partial charge < -0.3 is 0 Å². The van der Waals surface area contributed by atoms with Gasteiger partial charge in [0.25, 0.3) is 0 Å². The van der Waals surface area contributed by atoms with Crippen molar-refractivity contribution in [1.82, 2.24) is 0 Å². The molecule has 0 aromatic heterocycles. The van der Waals surface area contributed by atoms with Crippen molar-refractivity contribution in [2.24, 2.45) is 5.92 Å². The standard InChI is InChI=1S/C8H16S/c1-3-8-6-7(2)4-5-9-8/h7-8H,3-6H2,1-2H3. The van der Waals surface area contributed by atoms with Gasteiger partial charge in [0, 0.05) is 5.25 Å². The monoisotopic (exact) mass is 144 g/mol. The lowest BCUT2D eigenvalue weighted by molar-refractivity contribution is 0.487. The van der Waals surface area contributed by atoms with E-state index < -0.39 is 0 Å². The van der Waals surface area contributed by atoms with Gasteiger partial charge in [-0.25, -0.2) is 0 Å². The highest BCUT2D eigenvalue weighted by Gasteiger charge is 2.16. The van der Waals surface area contributed by atoms with Crippen LogP contribution in [0.4, 0.5) is 0 Å². The molecule has 2 unspecified atom stereocenters. The summed E-state index contributed by atoms with van der Waals surface area (Å²) in [7, 11) is 0. The second-order valence-corrected chi connectivity index (χ2v) is 4.44. The Morgan fingerprint density at radius 2 is 2.33 bits per heavy atom. The second-order valence-electron chi connectivity index (χ2n) is 3.03. The first-order valence-corrected chi connectivity index (χ1v) is 4.99. The van der Waals surface area contributed by atoms with Crippen molar-refractivity contribution >= 4 is 11.8 Å². The van der Waals surface area contributed by atoms with Gasteiger partial charge in [0.1, 0.15) is 0 Å². The summed E-state index contributed by atoms with van der Waals surface area (Å²) < 4.78 is 0. The molecular formula is C8H16S. The maximum Gasteiger partial charge on any atom is 0.00469 e. The summed E-state index contributed by atoms with van der Waals surface area (Å²) >= 11 is 2.17. The summed E-state index contributed by atoms with van der Waals surface area (Å²) in [5.41, 5.74) is 0. The number of rotatable bonds is 1. The summed E-state index contributed by atoms with van der Waals surface area (Å²) in [6.45, 7) is 4.68. The van der Waals surface area contributed by atoms with Crippen LogP contribution in [0.1, 0.15) is 33.1 Å². The zero-order valence-corrected chi connectivity index (χ0v) is 7.21. The van der Waals surface area contributed by atoms with E-state index in [1.165, 1.54) is 25.0 Å². The Balaban J connectivity index is 2.23. The minimum atomic E-state index is 0.980. The van der Waals surface area contributed by atoms with Crippen LogP contribution in [-0.4, -0.2) is 11.0 Å². The number of thioether (sulfide) groups is 1. The molecule has 0 N–H and O–H groups in total. The van der Waals surface area contributed by atoms with Crippen molar-refractivity contribution in [3.63, 3.8) is 0 Å². The van der Waals surface area contributed by atoms with E-state index in [1.54, 1.807) is 0 Å². The van der Waals surface area contributed by atoms with Gasteiger partial charge in [-0.15, -0.1) is 0 Å². The molecule has 0 aliphatic carbocycles. The van der Waals surface area contributed by atoms with Crippen molar-refractivity contribution in [3.05, 3.63) is 0 Å². The van der Waals surface area contributed by atoms with Gasteiger partial charge in [-0.2, -0.15) is 11.8 Å². The molecule has 1 heteroatoms. The lowest BCUT2D eigenvalue weighted by atomic mass is 10.0. The van der Waals surface area contributed by atoms with Crippen LogP contribution in [0, 0.1) is 5.92 Å². The predicted molar refractivity (Wildman–Crippen MR) is 44.9 cm³/mol. The van der Waals surface area contributed by atoms with E-state index in [-0.39, 0.29) is 0 Å². The molecule has 0 bridgehead atoms. The molecule has 1 rings (SSSR count). The van der Waals surface area contributed by atoms with E-state index in [0.717, 1.165) is 11.2 Å². The Morgan fingerprint density at radius 3 is 2.78 bits per heavy atom. The predicted octanol–water partition coefficient (Wildman–Crippen LogP) is 2.93. The fourth-order valence-corrected chi connectivity index (χ4v) is 2.93. The smallest absolute Gasteiger partial charge is 0.00469 e. The van der Waals surface area contributed by atoms with E-state index in [4.69, 9.17) is 0 Å². The van der Waals surface area contributed by atoms with Crippen LogP contribution in [0.5, 0.6) is 0 Å². The third kappa shape index (κ3) is 2.21. The zero-order chi connectivity index (χ0) is 6.69. The van der Waals surface area contributed by atoms with Crippen LogP contribution in [0.3, 0.4) is 0 Å². The zero-order valence-electron chi connectivity index (χ0n) is 6.39. The second kappa shape index (κ2) is 3.50. The maximum atomic E-state index is 2.38. The highest BCUT2D eigenvalue weighted by Crippen LogP contribution is 2.30.